The highest BCUT2D eigenvalue weighted by Gasteiger charge is 2.36. The Morgan fingerprint density at radius 3 is 2.52 bits per heavy atom. The van der Waals surface area contributed by atoms with E-state index in [1.54, 1.807) is 0 Å². The summed E-state index contributed by atoms with van der Waals surface area (Å²) in [5, 5.41) is 0. The van der Waals surface area contributed by atoms with Gasteiger partial charge in [-0.25, -0.2) is 0 Å². The van der Waals surface area contributed by atoms with Gasteiger partial charge in [0.25, 0.3) is 0 Å². The van der Waals surface area contributed by atoms with Crippen LogP contribution in [0.2, 0.25) is 0 Å². The molecule has 1 aliphatic heterocycles. The summed E-state index contributed by atoms with van der Waals surface area (Å²) in [6.45, 7) is 3.50. The van der Waals surface area contributed by atoms with Crippen LogP contribution in [0.5, 0.6) is 0 Å². The van der Waals surface area contributed by atoms with Gasteiger partial charge in [-0.3, -0.25) is 9.59 Å². The normalized spacial score (nSPS) is 21.0. The average molecular weight is 335 g/mol. The third-order valence-corrected chi connectivity index (χ3v) is 4.20. The fourth-order valence-electron chi connectivity index (χ4n) is 2.72. The summed E-state index contributed by atoms with van der Waals surface area (Å²) < 4.78 is 10.6. The quantitative estimate of drug-likeness (QED) is 0.609. The van der Waals surface area contributed by atoms with Gasteiger partial charge in [0.05, 0.1) is 4.99 Å². The number of carbonyl (C=O) groups is 2. The molecule has 1 aromatic carbocycles. The van der Waals surface area contributed by atoms with Crippen molar-refractivity contribution in [1.82, 2.24) is 4.90 Å². The molecule has 0 aromatic heterocycles. The van der Waals surface area contributed by atoms with Crippen molar-refractivity contribution in [3.05, 3.63) is 35.9 Å². The van der Waals surface area contributed by atoms with Crippen LogP contribution in [0, 0.1) is 0 Å². The molecule has 0 spiro atoms. The van der Waals surface area contributed by atoms with Crippen LogP contribution in [0.4, 0.5) is 0 Å². The first kappa shape index (κ1) is 17.4. The van der Waals surface area contributed by atoms with Crippen LogP contribution in [0.25, 0.3) is 0 Å². The number of carbonyl (C=O) groups excluding carboxylic acids is 2. The van der Waals surface area contributed by atoms with Crippen molar-refractivity contribution < 1.29 is 19.1 Å². The second-order valence-electron chi connectivity index (χ2n) is 5.56. The number of hydrogen-bond donors (Lipinski definition) is 0. The lowest BCUT2D eigenvalue weighted by atomic mass is 9.98. The molecule has 0 aliphatic carbocycles. The molecule has 2 rings (SSSR count). The number of rotatable bonds is 5. The van der Waals surface area contributed by atoms with E-state index in [-0.39, 0.29) is 30.7 Å². The minimum absolute atomic E-state index is 0.153. The summed E-state index contributed by atoms with van der Waals surface area (Å²) in [7, 11) is 0. The molecule has 0 bridgehead atoms. The monoisotopic (exact) mass is 335 g/mol. The Bertz CT molecular complexity index is 575. The highest BCUT2D eigenvalue weighted by Crippen LogP contribution is 2.25. The zero-order valence-corrected chi connectivity index (χ0v) is 14.2. The van der Waals surface area contributed by atoms with E-state index in [0.717, 1.165) is 10.6 Å². The molecule has 0 amide bonds. The number of benzene rings is 1. The summed E-state index contributed by atoms with van der Waals surface area (Å²) in [6.07, 6.45) is 0.994. The minimum atomic E-state index is -0.359. The van der Waals surface area contributed by atoms with Crippen LogP contribution in [-0.2, 0) is 25.6 Å². The number of thiocarbonyl (C=S) groups is 1. The van der Waals surface area contributed by atoms with Gasteiger partial charge >= 0.3 is 11.9 Å². The van der Waals surface area contributed by atoms with Gasteiger partial charge in [0.2, 0.25) is 0 Å². The molecule has 23 heavy (non-hydrogen) atoms. The van der Waals surface area contributed by atoms with E-state index in [2.05, 4.69) is 0 Å². The molecule has 6 heteroatoms. The van der Waals surface area contributed by atoms with Crippen molar-refractivity contribution in [2.24, 2.45) is 0 Å². The standard InChI is InChI=1S/C17H21NO4S/c1-12(19)21-11-15-16(22-13(2)20)8-9-17(23)18(15)10-14-6-4-3-5-7-14/h3-7,15-16H,8-11H2,1-2H3/t15-,16-/m0/s1. The molecular weight excluding hydrogens is 314 g/mol. The molecule has 124 valence electrons. The van der Waals surface area contributed by atoms with E-state index in [0.29, 0.717) is 19.4 Å². The van der Waals surface area contributed by atoms with Crippen LogP contribution in [-0.4, -0.2) is 40.6 Å². The largest absolute Gasteiger partial charge is 0.464 e. The molecule has 1 saturated heterocycles. The first-order valence-corrected chi connectivity index (χ1v) is 8.02. The predicted octanol–water partition coefficient (Wildman–Crippen LogP) is 2.47. The zero-order chi connectivity index (χ0) is 16.8. The maximum absolute atomic E-state index is 11.4. The van der Waals surface area contributed by atoms with E-state index in [1.807, 2.05) is 35.2 Å². The number of ether oxygens (including phenoxy) is 2. The van der Waals surface area contributed by atoms with Crippen molar-refractivity contribution in [2.75, 3.05) is 6.61 Å². The van der Waals surface area contributed by atoms with E-state index < -0.39 is 0 Å². The topological polar surface area (TPSA) is 55.8 Å². The molecule has 1 fully saturated rings. The Morgan fingerprint density at radius 2 is 1.91 bits per heavy atom. The van der Waals surface area contributed by atoms with Gasteiger partial charge in [-0.1, -0.05) is 42.5 Å². The fraction of sp³-hybridized carbons (Fsp3) is 0.471. The van der Waals surface area contributed by atoms with Gasteiger partial charge < -0.3 is 14.4 Å². The second-order valence-corrected chi connectivity index (χ2v) is 6.03. The third kappa shape index (κ3) is 5.03. The van der Waals surface area contributed by atoms with Crippen LogP contribution in [0.1, 0.15) is 32.3 Å². The van der Waals surface area contributed by atoms with E-state index in [1.165, 1.54) is 13.8 Å². The van der Waals surface area contributed by atoms with E-state index in [4.69, 9.17) is 21.7 Å². The van der Waals surface area contributed by atoms with Crippen LogP contribution >= 0.6 is 12.2 Å². The summed E-state index contributed by atoms with van der Waals surface area (Å²) in [6, 6.07) is 9.65. The lowest BCUT2D eigenvalue weighted by Crippen LogP contribution is -2.53. The number of nitrogens with zero attached hydrogens (tertiary/aromatic N) is 1. The molecular formula is C17H21NO4S. The molecule has 1 aromatic rings. The molecule has 0 unspecified atom stereocenters. The second kappa shape index (κ2) is 8.06. The van der Waals surface area contributed by atoms with Crippen molar-refractivity contribution in [3.63, 3.8) is 0 Å². The molecule has 5 nitrogen and oxygen atoms in total. The first-order chi connectivity index (χ1) is 11.0. The maximum atomic E-state index is 11.4. The smallest absolute Gasteiger partial charge is 0.302 e. The van der Waals surface area contributed by atoms with Crippen molar-refractivity contribution in [2.45, 2.75) is 45.4 Å². The molecule has 0 saturated carbocycles. The first-order valence-electron chi connectivity index (χ1n) is 7.61. The summed E-state index contributed by atoms with van der Waals surface area (Å²) in [4.78, 5) is 25.3. The summed E-state index contributed by atoms with van der Waals surface area (Å²) in [5.41, 5.74) is 1.10. The minimum Gasteiger partial charge on any atom is -0.464 e. The molecule has 1 aliphatic rings. The zero-order valence-electron chi connectivity index (χ0n) is 13.4. The number of esters is 2. The average Bonchev–Trinajstić information content (AvgIpc) is 2.50. The fourth-order valence-corrected chi connectivity index (χ4v) is 3.04. The Kier molecular flexibility index (Phi) is 6.10. The summed E-state index contributed by atoms with van der Waals surface area (Å²) in [5.74, 6) is -0.696. The van der Waals surface area contributed by atoms with Gasteiger partial charge in [-0.15, -0.1) is 0 Å². The van der Waals surface area contributed by atoms with Gasteiger partial charge in [-0.05, 0) is 12.0 Å². The van der Waals surface area contributed by atoms with Gasteiger partial charge in [0.15, 0.2) is 0 Å². The lowest BCUT2D eigenvalue weighted by molar-refractivity contribution is -0.154. The van der Waals surface area contributed by atoms with Crippen LogP contribution in [0.15, 0.2) is 30.3 Å². The highest BCUT2D eigenvalue weighted by molar-refractivity contribution is 7.80. The number of hydrogen-bond acceptors (Lipinski definition) is 5. The number of piperidine rings is 1. The molecule has 0 N–H and O–H groups in total. The Balaban J connectivity index is 2.19. The lowest BCUT2D eigenvalue weighted by Gasteiger charge is -2.41. The third-order valence-electron chi connectivity index (χ3n) is 3.76. The molecule has 0 radical (unpaired) electrons. The van der Waals surface area contributed by atoms with Gasteiger partial charge in [0, 0.05) is 26.8 Å². The van der Waals surface area contributed by atoms with E-state index in [9.17, 15) is 9.59 Å². The van der Waals surface area contributed by atoms with Crippen LogP contribution < -0.4 is 0 Å². The van der Waals surface area contributed by atoms with E-state index >= 15 is 0 Å². The maximum Gasteiger partial charge on any atom is 0.302 e. The number of likely N-dealkylation sites (tertiary alicyclic amines) is 1. The van der Waals surface area contributed by atoms with Crippen molar-refractivity contribution in [1.29, 1.82) is 0 Å². The van der Waals surface area contributed by atoms with Gasteiger partial charge in [0.1, 0.15) is 18.8 Å². The predicted molar refractivity (Wildman–Crippen MR) is 89.8 cm³/mol. The Labute approximate surface area is 141 Å². The van der Waals surface area contributed by atoms with Crippen LogP contribution in [0.3, 0.4) is 0 Å². The molecule has 2 atom stereocenters. The summed E-state index contributed by atoms with van der Waals surface area (Å²) >= 11 is 5.49. The van der Waals surface area contributed by atoms with Gasteiger partial charge in [-0.2, -0.15) is 0 Å². The van der Waals surface area contributed by atoms with Crippen molar-refractivity contribution in [3.8, 4) is 0 Å². The highest BCUT2D eigenvalue weighted by atomic mass is 32.1. The Hall–Kier alpha value is -1.95. The Morgan fingerprint density at radius 1 is 1.22 bits per heavy atom. The molecule has 1 heterocycles. The van der Waals surface area contributed by atoms with Crippen molar-refractivity contribution >= 4 is 29.1 Å². The SMILES string of the molecule is CC(=O)OC[C@H]1[C@@H](OC(C)=O)CCC(=S)N1Cc1ccccc1.